The molecule has 0 atom stereocenters. The average molecular weight is 258 g/mol. The fourth-order valence-corrected chi connectivity index (χ4v) is 1.68. The van der Waals surface area contributed by atoms with Gasteiger partial charge in [0.05, 0.1) is 7.11 Å². The average Bonchev–Trinajstić information content (AvgIpc) is 2.77. The van der Waals surface area contributed by atoms with Crippen molar-refractivity contribution in [2.24, 2.45) is 0 Å². The molecule has 1 aromatic heterocycles. The molecule has 0 bridgehead atoms. The largest absolute Gasteiger partial charge is 0.472 e. The van der Waals surface area contributed by atoms with Gasteiger partial charge in [0.1, 0.15) is 6.29 Å². The lowest BCUT2D eigenvalue weighted by Crippen LogP contribution is -2.35. The summed E-state index contributed by atoms with van der Waals surface area (Å²) in [7, 11) is 1.48. The number of hydrogen-bond donors (Lipinski definition) is 1. The smallest absolute Gasteiger partial charge is 0.323 e. The summed E-state index contributed by atoms with van der Waals surface area (Å²) in [6, 6.07) is -0.298. The highest BCUT2D eigenvalue weighted by Gasteiger charge is 2.13. The van der Waals surface area contributed by atoms with E-state index in [1.54, 1.807) is 0 Å². The second-order valence-electron chi connectivity index (χ2n) is 3.04. The minimum atomic E-state index is -0.298. The van der Waals surface area contributed by atoms with Gasteiger partial charge in [-0.3, -0.25) is 5.32 Å². The second kappa shape index (κ2) is 6.79. The lowest BCUT2D eigenvalue weighted by atomic mass is 10.4. The maximum absolute atomic E-state index is 11.7. The monoisotopic (exact) mass is 258 g/mol. The van der Waals surface area contributed by atoms with Gasteiger partial charge in [-0.2, -0.15) is 0 Å². The van der Waals surface area contributed by atoms with Crippen LogP contribution in [0.1, 0.15) is 13.3 Å². The Hall–Kier alpha value is -1.70. The van der Waals surface area contributed by atoms with E-state index in [0.717, 1.165) is 17.6 Å². The number of rotatable bonds is 6. The number of urea groups is 1. The Bertz CT molecular complexity index is 382. The number of ether oxygens (including phenoxy) is 1. The maximum Gasteiger partial charge on any atom is 0.323 e. The van der Waals surface area contributed by atoms with Gasteiger partial charge < -0.3 is 14.4 Å². The minimum Gasteiger partial charge on any atom is -0.472 e. The van der Waals surface area contributed by atoms with Gasteiger partial charge in [0, 0.05) is 19.5 Å². The standard InChI is InChI=1S/C9H14N4O3S/c1-3-13(5-4-6-14)8(15)10-7-11-12-9(16-2)17-7/h6H,3-5H2,1-2H3,(H,10,11,15). The number of nitrogens with zero attached hydrogens (tertiary/aromatic N) is 3. The summed E-state index contributed by atoms with van der Waals surface area (Å²) >= 11 is 1.14. The Morgan fingerprint density at radius 3 is 2.88 bits per heavy atom. The number of nitrogens with one attached hydrogen (secondary N) is 1. The highest BCUT2D eigenvalue weighted by atomic mass is 32.1. The molecule has 0 aromatic carbocycles. The number of hydrogen-bond acceptors (Lipinski definition) is 6. The molecule has 1 N–H and O–H groups in total. The summed E-state index contributed by atoms with van der Waals surface area (Å²) in [5.74, 6) is 0. The van der Waals surface area contributed by atoms with Gasteiger partial charge in [-0.15, -0.1) is 5.10 Å². The van der Waals surface area contributed by atoms with Crippen LogP contribution in [0.25, 0.3) is 0 Å². The molecule has 1 aromatic rings. The van der Waals surface area contributed by atoms with Crippen LogP contribution >= 0.6 is 11.3 Å². The highest BCUT2D eigenvalue weighted by Crippen LogP contribution is 2.21. The molecule has 94 valence electrons. The van der Waals surface area contributed by atoms with Gasteiger partial charge in [-0.1, -0.05) is 5.10 Å². The van der Waals surface area contributed by atoms with Crippen LogP contribution in [0, 0.1) is 0 Å². The Morgan fingerprint density at radius 1 is 1.59 bits per heavy atom. The lowest BCUT2D eigenvalue weighted by Gasteiger charge is -2.18. The predicted octanol–water partition coefficient (Wildman–Crippen LogP) is 0.990. The third-order valence-electron chi connectivity index (χ3n) is 1.98. The van der Waals surface area contributed by atoms with Crippen LogP contribution in [0.15, 0.2) is 0 Å². The summed E-state index contributed by atoms with van der Waals surface area (Å²) in [4.78, 5) is 23.5. The second-order valence-corrected chi connectivity index (χ2v) is 3.98. The van der Waals surface area contributed by atoms with E-state index in [1.807, 2.05) is 6.92 Å². The normalized spacial score (nSPS) is 9.76. The van der Waals surface area contributed by atoms with Crippen molar-refractivity contribution in [3.05, 3.63) is 0 Å². The number of carbonyl (C=O) groups excluding carboxylic acids is 2. The topological polar surface area (TPSA) is 84.4 Å². The van der Waals surface area contributed by atoms with Crippen molar-refractivity contribution < 1.29 is 14.3 Å². The summed E-state index contributed by atoms with van der Waals surface area (Å²) < 4.78 is 4.86. The summed E-state index contributed by atoms with van der Waals surface area (Å²) in [5, 5.41) is 10.8. The molecule has 1 rings (SSSR count). The molecular weight excluding hydrogens is 244 g/mol. The molecule has 17 heavy (non-hydrogen) atoms. The summed E-state index contributed by atoms with van der Waals surface area (Å²) in [6.45, 7) is 2.75. The number of aromatic nitrogens is 2. The number of amides is 2. The third-order valence-corrected chi connectivity index (χ3v) is 2.78. The first-order valence-electron chi connectivity index (χ1n) is 5.08. The van der Waals surface area contributed by atoms with Crippen molar-refractivity contribution in [1.82, 2.24) is 15.1 Å². The molecule has 0 aliphatic rings. The number of methoxy groups -OCH3 is 1. The SMILES string of the molecule is CCN(CCC=O)C(=O)Nc1nnc(OC)s1. The summed E-state index contributed by atoms with van der Waals surface area (Å²) in [5.41, 5.74) is 0. The molecule has 2 amide bonds. The molecule has 0 unspecified atom stereocenters. The van der Waals surface area contributed by atoms with E-state index in [4.69, 9.17) is 4.74 Å². The Labute approximate surface area is 103 Å². The van der Waals surface area contributed by atoms with Gasteiger partial charge >= 0.3 is 6.03 Å². The lowest BCUT2D eigenvalue weighted by molar-refractivity contribution is -0.108. The zero-order valence-electron chi connectivity index (χ0n) is 9.67. The van der Waals surface area contributed by atoms with Gasteiger partial charge in [0.25, 0.3) is 5.19 Å². The van der Waals surface area contributed by atoms with Crippen molar-refractivity contribution in [1.29, 1.82) is 0 Å². The fourth-order valence-electron chi connectivity index (χ4n) is 1.13. The Morgan fingerprint density at radius 2 is 2.35 bits per heavy atom. The van der Waals surface area contributed by atoms with Gasteiger partial charge in [0.15, 0.2) is 0 Å². The number of aldehydes is 1. The predicted molar refractivity (Wildman–Crippen MR) is 63.4 cm³/mol. The van der Waals surface area contributed by atoms with Crippen LogP contribution < -0.4 is 10.1 Å². The van der Waals surface area contributed by atoms with Gasteiger partial charge in [-0.25, -0.2) is 4.79 Å². The number of carbonyl (C=O) groups is 2. The number of anilines is 1. The quantitative estimate of drug-likeness (QED) is 0.769. The zero-order chi connectivity index (χ0) is 12.7. The molecule has 7 nitrogen and oxygen atoms in total. The van der Waals surface area contributed by atoms with E-state index >= 15 is 0 Å². The van der Waals surface area contributed by atoms with Crippen molar-refractivity contribution in [3.8, 4) is 5.19 Å². The molecule has 8 heteroatoms. The zero-order valence-corrected chi connectivity index (χ0v) is 10.5. The van der Waals surface area contributed by atoms with E-state index in [2.05, 4.69) is 15.5 Å². The van der Waals surface area contributed by atoms with Crippen molar-refractivity contribution in [2.75, 3.05) is 25.5 Å². The van der Waals surface area contributed by atoms with Crippen molar-refractivity contribution >= 4 is 28.8 Å². The first-order valence-corrected chi connectivity index (χ1v) is 5.90. The van der Waals surface area contributed by atoms with E-state index in [-0.39, 0.29) is 6.03 Å². The first kappa shape index (κ1) is 13.4. The summed E-state index contributed by atoms with van der Waals surface area (Å²) in [6.07, 6.45) is 1.10. The van der Waals surface area contributed by atoms with Crippen LogP contribution in [0.4, 0.5) is 9.93 Å². The van der Waals surface area contributed by atoms with Crippen LogP contribution in [0.2, 0.25) is 0 Å². The highest BCUT2D eigenvalue weighted by molar-refractivity contribution is 7.17. The molecule has 0 fully saturated rings. The fraction of sp³-hybridized carbons (Fsp3) is 0.556. The van der Waals surface area contributed by atoms with Crippen LogP contribution in [0.5, 0.6) is 5.19 Å². The van der Waals surface area contributed by atoms with E-state index in [9.17, 15) is 9.59 Å². The molecule has 0 aliphatic heterocycles. The molecule has 0 radical (unpaired) electrons. The van der Waals surface area contributed by atoms with Crippen LogP contribution in [0.3, 0.4) is 0 Å². The molecule has 0 saturated heterocycles. The molecule has 0 saturated carbocycles. The molecule has 0 aliphatic carbocycles. The third kappa shape index (κ3) is 3.99. The van der Waals surface area contributed by atoms with Crippen molar-refractivity contribution in [3.63, 3.8) is 0 Å². The van der Waals surface area contributed by atoms with E-state index in [1.165, 1.54) is 12.0 Å². The first-order chi connectivity index (χ1) is 8.21. The molecule has 0 spiro atoms. The van der Waals surface area contributed by atoms with Gasteiger partial charge in [-0.05, 0) is 18.3 Å². The van der Waals surface area contributed by atoms with E-state index in [0.29, 0.717) is 29.8 Å². The Balaban J connectivity index is 2.53. The van der Waals surface area contributed by atoms with E-state index < -0.39 is 0 Å². The van der Waals surface area contributed by atoms with Gasteiger partial charge in [0.2, 0.25) is 5.13 Å². The van der Waals surface area contributed by atoms with Crippen molar-refractivity contribution in [2.45, 2.75) is 13.3 Å². The van der Waals surface area contributed by atoms with Crippen LogP contribution in [-0.2, 0) is 4.79 Å². The maximum atomic E-state index is 11.7. The minimum absolute atomic E-state index is 0.298. The molecular formula is C9H14N4O3S. The molecule has 1 heterocycles. The van der Waals surface area contributed by atoms with Crippen LogP contribution in [-0.4, -0.2) is 47.6 Å². The Kier molecular flexibility index (Phi) is 5.34.